The first kappa shape index (κ1) is 27.9. The zero-order valence-electron chi connectivity index (χ0n) is 17.6. The highest BCUT2D eigenvalue weighted by molar-refractivity contribution is 8.13. The Morgan fingerprint density at radius 3 is 2.42 bits per heavy atom. The number of methoxy groups -OCH3 is 1. The van der Waals surface area contributed by atoms with E-state index in [0.717, 1.165) is 67.9 Å². The number of rotatable bonds is 8. The number of aliphatic hydroxyl groups is 1. The van der Waals surface area contributed by atoms with E-state index in [1.54, 1.807) is 7.11 Å². The quantitative estimate of drug-likeness (QED) is 0.324. The van der Waals surface area contributed by atoms with Crippen LogP contribution in [0.1, 0.15) is 12.0 Å². The lowest BCUT2D eigenvalue weighted by molar-refractivity contribution is -0.360. The average molecular weight is 508 g/mol. The maximum Gasteiger partial charge on any atom is 0.402 e. The Kier molecular flexibility index (Phi) is 13.3. The maximum atomic E-state index is 10.1. The van der Waals surface area contributed by atoms with Crippen LogP contribution >= 0.6 is 48.2 Å². The lowest BCUT2D eigenvalue weighted by Gasteiger charge is -2.34. The third kappa shape index (κ3) is 9.89. The first-order valence-electron chi connectivity index (χ1n) is 9.91. The minimum atomic E-state index is 0. The molecule has 0 atom stereocenters. The van der Waals surface area contributed by atoms with E-state index in [-0.39, 0.29) is 30.0 Å². The van der Waals surface area contributed by atoms with E-state index in [9.17, 15) is 5.11 Å². The van der Waals surface area contributed by atoms with Gasteiger partial charge in [-0.05, 0) is 48.5 Å². The smallest absolute Gasteiger partial charge is 0.402 e. The van der Waals surface area contributed by atoms with Gasteiger partial charge in [-0.3, -0.25) is 4.90 Å². The summed E-state index contributed by atoms with van der Waals surface area (Å²) in [4.78, 5) is 8.01. The summed E-state index contributed by atoms with van der Waals surface area (Å²) in [5, 5.41) is 11.1. The molecule has 172 valence electrons. The molecular weight excluding hydrogens is 477 g/mol. The number of aliphatic hydroxyl groups excluding tert-OH is 1. The number of hydrogen-bond acceptors (Lipinski definition) is 4. The fraction of sp³-hybridized carbons (Fsp3) is 0.409. The second-order valence-corrected chi connectivity index (χ2v) is 8.63. The monoisotopic (exact) mass is 506 g/mol. The number of nitrogens with one attached hydrogen (secondary N) is 1. The van der Waals surface area contributed by atoms with Crippen LogP contribution in [-0.4, -0.2) is 65.7 Å². The van der Waals surface area contributed by atoms with Gasteiger partial charge in [0.15, 0.2) is 0 Å². The number of nitrogens with zero attached hydrogens (tertiary/aromatic N) is 2. The van der Waals surface area contributed by atoms with E-state index in [0.29, 0.717) is 0 Å². The minimum absolute atomic E-state index is 0. The molecule has 2 N–H and O–H groups in total. The van der Waals surface area contributed by atoms with Gasteiger partial charge in [0.25, 0.3) is 0 Å². The molecule has 0 saturated carbocycles. The Morgan fingerprint density at radius 2 is 1.74 bits per heavy atom. The van der Waals surface area contributed by atoms with Gasteiger partial charge >= 0.3 is 5.23 Å². The van der Waals surface area contributed by atoms with E-state index >= 15 is 0 Å². The van der Waals surface area contributed by atoms with Crippen LogP contribution in [0.2, 0.25) is 5.02 Å². The van der Waals surface area contributed by atoms with Crippen molar-refractivity contribution < 1.29 is 14.8 Å². The van der Waals surface area contributed by atoms with Gasteiger partial charge in [0.05, 0.1) is 13.2 Å². The SMILES string of the molecule is COc1cccc([NH+]=C(O)SCCCN2CCN(Cc3ccc(Cl)cc3)CC2)c1.Cl.Cl. The summed E-state index contributed by atoms with van der Waals surface area (Å²) in [7, 11) is 1.63. The molecule has 9 heteroatoms. The molecule has 0 spiro atoms. The van der Waals surface area contributed by atoms with Crippen molar-refractivity contribution in [2.24, 2.45) is 0 Å². The molecule has 0 aliphatic carbocycles. The van der Waals surface area contributed by atoms with Gasteiger partial charge in [0.2, 0.25) is 5.69 Å². The summed E-state index contributed by atoms with van der Waals surface area (Å²) >= 11 is 7.41. The van der Waals surface area contributed by atoms with Crippen LogP contribution in [0, 0.1) is 0 Å². The molecule has 1 saturated heterocycles. The zero-order chi connectivity index (χ0) is 20.5. The van der Waals surface area contributed by atoms with Crippen molar-refractivity contribution in [3.05, 3.63) is 59.1 Å². The molecule has 0 bridgehead atoms. The summed E-state index contributed by atoms with van der Waals surface area (Å²) in [5.41, 5.74) is 2.14. The Balaban J connectivity index is 0.00000240. The molecule has 0 aromatic heterocycles. The van der Waals surface area contributed by atoms with Crippen LogP contribution in [0.5, 0.6) is 5.75 Å². The van der Waals surface area contributed by atoms with Gasteiger partial charge in [-0.15, -0.1) is 24.8 Å². The molecule has 1 aliphatic heterocycles. The van der Waals surface area contributed by atoms with Gasteiger partial charge < -0.3 is 14.7 Å². The lowest BCUT2D eigenvalue weighted by atomic mass is 10.2. The number of benzene rings is 2. The molecule has 0 radical (unpaired) electrons. The molecule has 0 unspecified atom stereocenters. The molecule has 2 aromatic rings. The highest BCUT2D eigenvalue weighted by Gasteiger charge is 2.17. The van der Waals surface area contributed by atoms with E-state index in [4.69, 9.17) is 16.3 Å². The van der Waals surface area contributed by atoms with Gasteiger partial charge in [0, 0.05) is 49.6 Å². The van der Waals surface area contributed by atoms with E-state index in [1.165, 1.54) is 17.3 Å². The van der Waals surface area contributed by atoms with Crippen LogP contribution in [-0.2, 0) is 6.54 Å². The summed E-state index contributed by atoms with van der Waals surface area (Å²) in [6, 6.07) is 15.7. The topological polar surface area (TPSA) is 49.9 Å². The van der Waals surface area contributed by atoms with Crippen LogP contribution in [0.3, 0.4) is 0 Å². The second kappa shape index (κ2) is 14.8. The molecule has 5 nitrogen and oxygen atoms in total. The highest BCUT2D eigenvalue weighted by atomic mass is 35.5. The molecule has 31 heavy (non-hydrogen) atoms. The summed E-state index contributed by atoms with van der Waals surface area (Å²) in [6.07, 6.45) is 1.05. The lowest BCUT2D eigenvalue weighted by Crippen LogP contribution is -2.65. The minimum Gasteiger partial charge on any atom is -0.497 e. The van der Waals surface area contributed by atoms with Crippen molar-refractivity contribution in [1.82, 2.24) is 9.80 Å². The van der Waals surface area contributed by atoms with Gasteiger partial charge in [-0.1, -0.05) is 29.8 Å². The van der Waals surface area contributed by atoms with Crippen molar-refractivity contribution >= 4 is 59.1 Å². The van der Waals surface area contributed by atoms with Crippen LogP contribution in [0.4, 0.5) is 5.69 Å². The zero-order valence-corrected chi connectivity index (χ0v) is 20.8. The predicted molar refractivity (Wildman–Crippen MR) is 136 cm³/mol. The first-order valence-corrected chi connectivity index (χ1v) is 11.3. The number of piperazine rings is 1. The van der Waals surface area contributed by atoms with Crippen molar-refractivity contribution in [3.63, 3.8) is 0 Å². The van der Waals surface area contributed by atoms with E-state index in [1.807, 2.05) is 36.4 Å². The van der Waals surface area contributed by atoms with Gasteiger partial charge in [-0.25, -0.2) is 0 Å². The largest absolute Gasteiger partial charge is 0.497 e. The number of ether oxygens (including phenoxy) is 1. The van der Waals surface area contributed by atoms with Crippen molar-refractivity contribution in [2.45, 2.75) is 13.0 Å². The third-order valence-corrected chi connectivity index (χ3v) is 6.08. The average Bonchev–Trinajstić information content (AvgIpc) is 2.74. The Morgan fingerprint density at radius 1 is 1.06 bits per heavy atom. The van der Waals surface area contributed by atoms with Crippen LogP contribution < -0.4 is 9.73 Å². The first-order chi connectivity index (χ1) is 14.1. The van der Waals surface area contributed by atoms with Gasteiger partial charge in [-0.2, -0.15) is 4.99 Å². The molecular formula is C22H31Cl3N3O2S+. The Bertz CT molecular complexity index is 801. The highest BCUT2D eigenvalue weighted by Crippen LogP contribution is 2.14. The van der Waals surface area contributed by atoms with E-state index in [2.05, 4.69) is 26.9 Å². The number of halogens is 3. The maximum absolute atomic E-state index is 10.1. The summed E-state index contributed by atoms with van der Waals surface area (Å²) in [6.45, 7) is 6.41. The predicted octanol–water partition coefficient (Wildman–Crippen LogP) is 3.76. The molecule has 2 aromatic carbocycles. The third-order valence-electron chi connectivity index (χ3n) is 4.96. The molecule has 3 rings (SSSR count). The number of hydrogen-bond donors (Lipinski definition) is 2. The summed E-state index contributed by atoms with van der Waals surface area (Å²) in [5.74, 6) is 1.65. The number of thioether (sulfide) groups is 1. The molecule has 0 amide bonds. The van der Waals surface area contributed by atoms with Crippen molar-refractivity contribution in [3.8, 4) is 5.75 Å². The summed E-state index contributed by atoms with van der Waals surface area (Å²) < 4.78 is 5.20. The second-order valence-electron chi connectivity index (χ2n) is 7.11. The fourth-order valence-corrected chi connectivity index (χ4v) is 4.12. The van der Waals surface area contributed by atoms with Crippen molar-refractivity contribution in [1.29, 1.82) is 0 Å². The van der Waals surface area contributed by atoms with Crippen molar-refractivity contribution in [2.75, 3.05) is 45.6 Å². The molecule has 1 fully saturated rings. The Labute approximate surface area is 206 Å². The van der Waals surface area contributed by atoms with Gasteiger partial charge in [0.1, 0.15) is 5.75 Å². The Hall–Kier alpha value is -1.15. The fourth-order valence-electron chi connectivity index (χ4n) is 3.34. The van der Waals surface area contributed by atoms with Crippen LogP contribution in [0.25, 0.3) is 0 Å². The molecule has 1 heterocycles. The van der Waals surface area contributed by atoms with E-state index < -0.39 is 0 Å². The molecule has 1 aliphatic rings. The van der Waals surface area contributed by atoms with Crippen LogP contribution in [0.15, 0.2) is 48.5 Å². The normalized spacial score (nSPS) is 15.1. The standard InChI is InChI=1S/C22H28ClN3O2S.2ClH/c1-28-21-5-2-4-20(16-21)24-22(27)29-15-3-10-25-11-13-26(14-12-25)17-18-6-8-19(23)9-7-18;;/h2,4-9,16H,3,10-15,17H2,1H3,(H,24,27);2*1H/p+1.